The van der Waals surface area contributed by atoms with Gasteiger partial charge in [0.25, 0.3) is 0 Å². The molecule has 0 aliphatic heterocycles. The molecule has 0 saturated heterocycles. The molecule has 2 amide bonds. The van der Waals surface area contributed by atoms with Gasteiger partial charge in [0.1, 0.15) is 5.00 Å². The molecule has 2 aromatic rings. The van der Waals surface area contributed by atoms with Crippen molar-refractivity contribution in [3.05, 3.63) is 42.0 Å². The molecule has 23 heavy (non-hydrogen) atoms. The summed E-state index contributed by atoms with van der Waals surface area (Å²) in [6.07, 6.45) is 0. The summed E-state index contributed by atoms with van der Waals surface area (Å²) < 4.78 is 5.08. The zero-order valence-corrected chi connectivity index (χ0v) is 14.2. The minimum atomic E-state index is -0.439. The number of nitrogens with one attached hydrogen (secondary N) is 2. The van der Waals surface area contributed by atoms with Crippen molar-refractivity contribution in [3.63, 3.8) is 0 Å². The largest absolute Gasteiger partial charge is 0.462 e. The molecular formula is C17H20N2O3S. The van der Waals surface area contributed by atoms with Crippen molar-refractivity contribution in [1.29, 1.82) is 0 Å². The topological polar surface area (TPSA) is 67.4 Å². The molecule has 6 heteroatoms. The lowest BCUT2D eigenvalue weighted by molar-refractivity contribution is 0.0528. The molecule has 1 aromatic heterocycles. The fourth-order valence-electron chi connectivity index (χ4n) is 1.99. The SMILES string of the molecule is CCOC(=O)c1cc(-c2ccccc2)sc1NC(=O)NC(C)C. The second kappa shape index (κ2) is 7.78. The van der Waals surface area contributed by atoms with Crippen LogP contribution in [0.5, 0.6) is 0 Å². The van der Waals surface area contributed by atoms with Crippen LogP contribution in [0.25, 0.3) is 10.4 Å². The summed E-state index contributed by atoms with van der Waals surface area (Å²) in [7, 11) is 0. The lowest BCUT2D eigenvalue weighted by Gasteiger charge is -2.10. The summed E-state index contributed by atoms with van der Waals surface area (Å²) in [6.45, 7) is 5.78. The Bertz CT molecular complexity index is 680. The Kier molecular flexibility index (Phi) is 5.76. The molecule has 0 bridgehead atoms. The van der Waals surface area contributed by atoms with Crippen LogP contribution >= 0.6 is 11.3 Å². The molecular weight excluding hydrogens is 312 g/mol. The van der Waals surface area contributed by atoms with Gasteiger partial charge in [-0.2, -0.15) is 0 Å². The molecule has 2 N–H and O–H groups in total. The number of hydrogen-bond acceptors (Lipinski definition) is 4. The standard InChI is InChI=1S/C17H20N2O3S/c1-4-22-16(20)13-10-14(12-8-6-5-7-9-12)23-15(13)19-17(21)18-11(2)3/h5-11H,4H2,1-3H3,(H2,18,19,21). The smallest absolute Gasteiger partial charge is 0.341 e. The van der Waals surface area contributed by atoms with Crippen molar-refractivity contribution in [2.24, 2.45) is 0 Å². The first kappa shape index (κ1) is 17.0. The van der Waals surface area contributed by atoms with Crippen molar-refractivity contribution in [1.82, 2.24) is 5.32 Å². The summed E-state index contributed by atoms with van der Waals surface area (Å²) in [5.41, 5.74) is 1.36. The van der Waals surface area contributed by atoms with E-state index in [0.717, 1.165) is 10.4 Å². The third-order valence-electron chi connectivity index (χ3n) is 2.93. The zero-order valence-electron chi connectivity index (χ0n) is 13.4. The minimum absolute atomic E-state index is 0.00889. The summed E-state index contributed by atoms with van der Waals surface area (Å²) in [4.78, 5) is 25.0. The van der Waals surface area contributed by atoms with Gasteiger partial charge in [-0.1, -0.05) is 30.3 Å². The number of rotatable bonds is 5. The molecule has 0 aliphatic rings. The predicted octanol–water partition coefficient (Wildman–Crippen LogP) is 4.12. The molecule has 0 spiro atoms. The summed E-state index contributed by atoms with van der Waals surface area (Å²) in [5, 5.41) is 5.97. The quantitative estimate of drug-likeness (QED) is 0.809. The number of amides is 2. The summed E-state index contributed by atoms with van der Waals surface area (Å²) >= 11 is 1.35. The van der Waals surface area contributed by atoms with Gasteiger partial charge in [0.2, 0.25) is 0 Å². The van der Waals surface area contributed by atoms with Crippen LogP contribution in [0.15, 0.2) is 36.4 Å². The number of ether oxygens (including phenoxy) is 1. The van der Waals surface area contributed by atoms with E-state index in [1.807, 2.05) is 44.2 Å². The van der Waals surface area contributed by atoms with Gasteiger partial charge in [0, 0.05) is 10.9 Å². The average Bonchev–Trinajstić information content (AvgIpc) is 2.91. The van der Waals surface area contributed by atoms with Gasteiger partial charge in [0.15, 0.2) is 0 Å². The molecule has 1 heterocycles. The van der Waals surface area contributed by atoms with Crippen molar-refractivity contribution in [3.8, 4) is 10.4 Å². The lowest BCUT2D eigenvalue weighted by atomic mass is 10.1. The first-order chi connectivity index (χ1) is 11.0. The van der Waals surface area contributed by atoms with Crippen LogP contribution in [0.2, 0.25) is 0 Å². The van der Waals surface area contributed by atoms with Crippen LogP contribution in [0.4, 0.5) is 9.80 Å². The molecule has 5 nitrogen and oxygen atoms in total. The fourth-order valence-corrected chi connectivity index (χ4v) is 3.04. The van der Waals surface area contributed by atoms with E-state index in [2.05, 4.69) is 10.6 Å². The number of urea groups is 1. The highest BCUT2D eigenvalue weighted by atomic mass is 32.1. The van der Waals surface area contributed by atoms with E-state index in [4.69, 9.17) is 4.74 Å². The van der Waals surface area contributed by atoms with E-state index in [-0.39, 0.29) is 18.7 Å². The van der Waals surface area contributed by atoms with Crippen molar-refractivity contribution in [2.75, 3.05) is 11.9 Å². The van der Waals surface area contributed by atoms with E-state index in [9.17, 15) is 9.59 Å². The monoisotopic (exact) mass is 332 g/mol. The van der Waals surface area contributed by atoms with Crippen LogP contribution in [-0.2, 0) is 4.74 Å². The number of esters is 1. The second-order valence-corrected chi connectivity index (χ2v) is 6.25. The predicted molar refractivity (Wildman–Crippen MR) is 93.0 cm³/mol. The molecule has 0 unspecified atom stereocenters. The first-order valence-electron chi connectivity index (χ1n) is 7.45. The molecule has 0 aliphatic carbocycles. The maximum atomic E-state index is 12.1. The molecule has 1 aromatic carbocycles. The minimum Gasteiger partial charge on any atom is -0.462 e. The molecule has 0 atom stereocenters. The number of benzene rings is 1. The van der Waals surface area contributed by atoms with E-state index in [1.165, 1.54) is 11.3 Å². The highest BCUT2D eigenvalue weighted by Crippen LogP contribution is 2.35. The Morgan fingerprint density at radius 2 is 1.91 bits per heavy atom. The van der Waals surface area contributed by atoms with Crippen molar-refractivity contribution < 1.29 is 14.3 Å². The Morgan fingerprint density at radius 3 is 2.52 bits per heavy atom. The fraction of sp³-hybridized carbons (Fsp3) is 0.294. The van der Waals surface area contributed by atoms with Gasteiger partial charge in [-0.15, -0.1) is 11.3 Å². The zero-order chi connectivity index (χ0) is 16.8. The van der Waals surface area contributed by atoms with Crippen LogP contribution in [0.3, 0.4) is 0 Å². The van der Waals surface area contributed by atoms with Gasteiger partial charge in [-0.05, 0) is 32.4 Å². The third kappa shape index (κ3) is 4.56. The van der Waals surface area contributed by atoms with Crippen LogP contribution in [0.1, 0.15) is 31.1 Å². The van der Waals surface area contributed by atoms with E-state index in [0.29, 0.717) is 10.6 Å². The summed E-state index contributed by atoms with van der Waals surface area (Å²) in [5.74, 6) is -0.439. The maximum Gasteiger partial charge on any atom is 0.341 e. The van der Waals surface area contributed by atoms with Crippen LogP contribution < -0.4 is 10.6 Å². The van der Waals surface area contributed by atoms with Gasteiger partial charge in [-0.25, -0.2) is 9.59 Å². The van der Waals surface area contributed by atoms with Crippen molar-refractivity contribution >= 4 is 28.3 Å². The Hall–Kier alpha value is -2.34. The van der Waals surface area contributed by atoms with E-state index >= 15 is 0 Å². The molecule has 0 fully saturated rings. The molecule has 122 valence electrons. The summed E-state index contributed by atoms with van der Waals surface area (Å²) in [6, 6.07) is 11.1. The van der Waals surface area contributed by atoms with Gasteiger partial charge < -0.3 is 10.1 Å². The highest BCUT2D eigenvalue weighted by molar-refractivity contribution is 7.20. The first-order valence-corrected chi connectivity index (χ1v) is 8.26. The number of hydrogen-bond donors (Lipinski definition) is 2. The normalized spacial score (nSPS) is 10.4. The molecule has 0 radical (unpaired) electrons. The third-order valence-corrected chi connectivity index (χ3v) is 4.03. The molecule has 0 saturated carbocycles. The molecule has 2 rings (SSSR count). The van der Waals surface area contributed by atoms with Gasteiger partial charge >= 0.3 is 12.0 Å². The lowest BCUT2D eigenvalue weighted by Crippen LogP contribution is -2.34. The van der Waals surface area contributed by atoms with Crippen LogP contribution in [0, 0.1) is 0 Å². The van der Waals surface area contributed by atoms with Gasteiger partial charge in [-0.3, -0.25) is 5.32 Å². The Morgan fingerprint density at radius 1 is 1.22 bits per heavy atom. The highest BCUT2D eigenvalue weighted by Gasteiger charge is 2.19. The Labute approximate surface area is 139 Å². The van der Waals surface area contributed by atoms with Crippen LogP contribution in [-0.4, -0.2) is 24.6 Å². The number of carbonyl (C=O) groups is 2. The average molecular weight is 332 g/mol. The Balaban J connectivity index is 2.32. The van der Waals surface area contributed by atoms with Gasteiger partial charge in [0.05, 0.1) is 12.2 Å². The second-order valence-electron chi connectivity index (χ2n) is 5.19. The number of anilines is 1. The maximum absolute atomic E-state index is 12.1. The number of carbonyl (C=O) groups excluding carboxylic acids is 2. The van der Waals surface area contributed by atoms with Crippen molar-refractivity contribution in [2.45, 2.75) is 26.8 Å². The van der Waals surface area contributed by atoms with E-state index < -0.39 is 5.97 Å². The van der Waals surface area contributed by atoms with E-state index in [1.54, 1.807) is 13.0 Å². The number of thiophene rings is 1.